The van der Waals surface area contributed by atoms with Crippen molar-refractivity contribution in [3.05, 3.63) is 65.7 Å². The van der Waals surface area contributed by atoms with E-state index in [0.29, 0.717) is 19.6 Å². The Bertz CT molecular complexity index is 812. The molecule has 0 spiro atoms. The topological polar surface area (TPSA) is 43.9 Å². The van der Waals surface area contributed by atoms with Crippen molar-refractivity contribution >= 4 is 17.5 Å². The van der Waals surface area contributed by atoms with E-state index in [4.69, 9.17) is 0 Å². The zero-order valence-electron chi connectivity index (χ0n) is 17.0. The molecule has 3 rings (SSSR count). The van der Waals surface area contributed by atoms with Crippen molar-refractivity contribution in [3.8, 4) is 0 Å². The van der Waals surface area contributed by atoms with Gasteiger partial charge in [0.25, 0.3) is 0 Å². The van der Waals surface area contributed by atoms with E-state index in [1.165, 1.54) is 11.3 Å². The number of piperazine rings is 1. The molecule has 0 aromatic heterocycles. The van der Waals surface area contributed by atoms with Crippen LogP contribution in [-0.2, 0) is 16.1 Å². The number of carbonyl (C=O) groups is 2. The van der Waals surface area contributed by atoms with Crippen LogP contribution in [0.15, 0.2) is 54.6 Å². The Morgan fingerprint density at radius 1 is 0.964 bits per heavy atom. The number of aryl methyl sites for hydroxylation is 1. The molecule has 0 bridgehead atoms. The average molecular weight is 380 g/mol. The molecule has 0 N–H and O–H groups in total. The molecular formula is C23H29N3O2. The number of carbonyl (C=O) groups excluding carboxylic acids is 2. The molecule has 1 aliphatic rings. The molecule has 5 heteroatoms. The summed E-state index contributed by atoms with van der Waals surface area (Å²) in [7, 11) is 0. The van der Waals surface area contributed by atoms with Crippen molar-refractivity contribution < 1.29 is 9.59 Å². The second kappa shape index (κ2) is 8.91. The SMILES string of the molecule is Cc1cccc(N2CCN(C(=O)C(=O)N(Cc3ccccc3)C(C)C)CC2)c1. The van der Waals surface area contributed by atoms with Gasteiger partial charge in [0, 0.05) is 44.5 Å². The number of benzene rings is 2. The molecular weight excluding hydrogens is 350 g/mol. The Hall–Kier alpha value is -2.82. The molecule has 0 aliphatic carbocycles. The van der Waals surface area contributed by atoms with Crippen LogP contribution in [0.1, 0.15) is 25.0 Å². The standard InChI is InChI=1S/C23H29N3O2/c1-18(2)26(17-20-9-5-4-6-10-20)23(28)22(27)25-14-12-24(13-15-25)21-11-7-8-19(3)16-21/h4-11,16,18H,12-15,17H2,1-3H3. The van der Waals surface area contributed by atoms with Crippen molar-refractivity contribution in [1.82, 2.24) is 9.80 Å². The third kappa shape index (κ3) is 4.71. The Morgan fingerprint density at radius 2 is 1.64 bits per heavy atom. The van der Waals surface area contributed by atoms with Gasteiger partial charge in [-0.2, -0.15) is 0 Å². The van der Waals surface area contributed by atoms with Crippen LogP contribution in [0.2, 0.25) is 0 Å². The summed E-state index contributed by atoms with van der Waals surface area (Å²) in [4.78, 5) is 31.4. The van der Waals surface area contributed by atoms with Crippen molar-refractivity contribution in [3.63, 3.8) is 0 Å². The Labute approximate surface area is 167 Å². The van der Waals surface area contributed by atoms with E-state index in [0.717, 1.165) is 18.7 Å². The quantitative estimate of drug-likeness (QED) is 0.767. The lowest BCUT2D eigenvalue weighted by molar-refractivity contribution is -0.153. The summed E-state index contributed by atoms with van der Waals surface area (Å²) in [6.45, 7) is 9.03. The van der Waals surface area contributed by atoms with Crippen LogP contribution in [0.5, 0.6) is 0 Å². The molecule has 28 heavy (non-hydrogen) atoms. The summed E-state index contributed by atoms with van der Waals surface area (Å²) in [6, 6.07) is 18.1. The van der Waals surface area contributed by atoms with Gasteiger partial charge in [-0.15, -0.1) is 0 Å². The van der Waals surface area contributed by atoms with Gasteiger partial charge in [0.2, 0.25) is 0 Å². The van der Waals surface area contributed by atoms with Gasteiger partial charge in [-0.05, 0) is 44.0 Å². The fourth-order valence-electron chi connectivity index (χ4n) is 3.52. The van der Waals surface area contributed by atoms with Gasteiger partial charge >= 0.3 is 11.8 Å². The molecule has 0 atom stereocenters. The summed E-state index contributed by atoms with van der Waals surface area (Å²) in [5.41, 5.74) is 3.42. The molecule has 1 aliphatic heterocycles. The van der Waals surface area contributed by atoms with E-state index >= 15 is 0 Å². The highest BCUT2D eigenvalue weighted by Crippen LogP contribution is 2.18. The van der Waals surface area contributed by atoms with Gasteiger partial charge < -0.3 is 14.7 Å². The lowest BCUT2D eigenvalue weighted by atomic mass is 10.1. The van der Waals surface area contributed by atoms with E-state index in [9.17, 15) is 9.59 Å². The Morgan fingerprint density at radius 3 is 2.25 bits per heavy atom. The number of hydrogen-bond acceptors (Lipinski definition) is 3. The largest absolute Gasteiger partial charge is 0.368 e. The van der Waals surface area contributed by atoms with Crippen LogP contribution in [0.4, 0.5) is 5.69 Å². The highest BCUT2D eigenvalue weighted by molar-refractivity contribution is 6.35. The summed E-state index contributed by atoms with van der Waals surface area (Å²) in [6.07, 6.45) is 0. The summed E-state index contributed by atoms with van der Waals surface area (Å²) in [5.74, 6) is -0.809. The molecule has 1 saturated heterocycles. The van der Waals surface area contributed by atoms with Gasteiger partial charge in [0.15, 0.2) is 0 Å². The number of anilines is 1. The lowest BCUT2D eigenvalue weighted by Gasteiger charge is -2.37. The van der Waals surface area contributed by atoms with Crippen molar-refractivity contribution in [1.29, 1.82) is 0 Å². The second-order valence-corrected chi connectivity index (χ2v) is 7.63. The van der Waals surface area contributed by atoms with E-state index in [1.807, 2.05) is 44.2 Å². The smallest absolute Gasteiger partial charge is 0.312 e. The molecule has 2 aromatic carbocycles. The molecule has 0 saturated carbocycles. The molecule has 0 radical (unpaired) electrons. The molecule has 2 aromatic rings. The fraction of sp³-hybridized carbons (Fsp3) is 0.391. The zero-order valence-corrected chi connectivity index (χ0v) is 17.0. The predicted molar refractivity (Wildman–Crippen MR) is 112 cm³/mol. The first-order valence-corrected chi connectivity index (χ1v) is 9.91. The third-order valence-corrected chi connectivity index (χ3v) is 5.20. The zero-order chi connectivity index (χ0) is 20.1. The van der Waals surface area contributed by atoms with Gasteiger partial charge in [-0.1, -0.05) is 42.5 Å². The maximum atomic E-state index is 12.9. The van der Waals surface area contributed by atoms with Crippen LogP contribution in [0.25, 0.3) is 0 Å². The van der Waals surface area contributed by atoms with Crippen LogP contribution in [-0.4, -0.2) is 53.8 Å². The Balaban J connectivity index is 1.62. The lowest BCUT2D eigenvalue weighted by Crippen LogP contribution is -2.54. The first kappa shape index (κ1) is 19.9. The summed E-state index contributed by atoms with van der Waals surface area (Å²) < 4.78 is 0. The molecule has 1 fully saturated rings. The van der Waals surface area contributed by atoms with Crippen LogP contribution < -0.4 is 4.90 Å². The molecule has 5 nitrogen and oxygen atoms in total. The van der Waals surface area contributed by atoms with Gasteiger partial charge in [-0.25, -0.2) is 0 Å². The monoisotopic (exact) mass is 379 g/mol. The maximum absolute atomic E-state index is 12.9. The van der Waals surface area contributed by atoms with E-state index < -0.39 is 11.8 Å². The molecule has 1 heterocycles. The van der Waals surface area contributed by atoms with Crippen molar-refractivity contribution in [2.45, 2.75) is 33.4 Å². The first-order valence-electron chi connectivity index (χ1n) is 9.91. The van der Waals surface area contributed by atoms with Crippen LogP contribution in [0, 0.1) is 6.92 Å². The van der Waals surface area contributed by atoms with Gasteiger partial charge in [-0.3, -0.25) is 9.59 Å². The maximum Gasteiger partial charge on any atom is 0.312 e. The van der Waals surface area contributed by atoms with Gasteiger partial charge in [0.1, 0.15) is 0 Å². The van der Waals surface area contributed by atoms with E-state index in [2.05, 4.69) is 36.1 Å². The first-order chi connectivity index (χ1) is 13.5. The predicted octanol–water partition coefficient (Wildman–Crippen LogP) is 3.08. The minimum absolute atomic E-state index is 0.0368. The summed E-state index contributed by atoms with van der Waals surface area (Å²) in [5, 5.41) is 0. The normalized spacial score (nSPS) is 14.3. The highest BCUT2D eigenvalue weighted by atomic mass is 16.2. The number of rotatable bonds is 4. The van der Waals surface area contributed by atoms with Gasteiger partial charge in [0.05, 0.1) is 0 Å². The number of amides is 2. The minimum atomic E-state index is -0.414. The second-order valence-electron chi connectivity index (χ2n) is 7.63. The number of nitrogens with zero attached hydrogens (tertiary/aromatic N) is 3. The average Bonchev–Trinajstić information content (AvgIpc) is 2.71. The number of hydrogen-bond donors (Lipinski definition) is 0. The van der Waals surface area contributed by atoms with Crippen LogP contribution >= 0.6 is 0 Å². The van der Waals surface area contributed by atoms with E-state index in [-0.39, 0.29) is 6.04 Å². The molecule has 148 valence electrons. The van der Waals surface area contributed by atoms with Crippen molar-refractivity contribution in [2.75, 3.05) is 31.1 Å². The molecule has 0 unspecified atom stereocenters. The highest BCUT2D eigenvalue weighted by Gasteiger charge is 2.30. The third-order valence-electron chi connectivity index (χ3n) is 5.20. The Kier molecular flexibility index (Phi) is 6.34. The minimum Gasteiger partial charge on any atom is -0.368 e. The molecule has 2 amide bonds. The van der Waals surface area contributed by atoms with Crippen molar-refractivity contribution in [2.24, 2.45) is 0 Å². The summed E-state index contributed by atoms with van der Waals surface area (Å²) >= 11 is 0. The van der Waals surface area contributed by atoms with E-state index in [1.54, 1.807) is 9.80 Å². The fourth-order valence-corrected chi connectivity index (χ4v) is 3.52. The van der Waals surface area contributed by atoms with Crippen LogP contribution in [0.3, 0.4) is 0 Å².